The topological polar surface area (TPSA) is 60.5 Å². The summed E-state index contributed by atoms with van der Waals surface area (Å²) in [5.74, 6) is 0.842. The van der Waals surface area contributed by atoms with Crippen molar-refractivity contribution in [1.82, 2.24) is 10.3 Å². The molecule has 3 rings (SSSR count). The lowest BCUT2D eigenvalue weighted by Gasteiger charge is -2.26. The second kappa shape index (κ2) is 7.88. The van der Waals surface area contributed by atoms with Gasteiger partial charge in [-0.3, -0.25) is 9.78 Å². The van der Waals surface area contributed by atoms with Crippen molar-refractivity contribution in [3.63, 3.8) is 0 Å². The monoisotopic (exact) mass is 318 g/mol. The van der Waals surface area contributed by atoms with Gasteiger partial charge in [-0.25, -0.2) is 0 Å². The van der Waals surface area contributed by atoms with Crippen molar-refractivity contribution in [2.24, 2.45) is 5.92 Å². The normalized spacial score (nSPS) is 23.6. The molecule has 2 fully saturated rings. The molecule has 0 bridgehead atoms. The van der Waals surface area contributed by atoms with Crippen molar-refractivity contribution >= 4 is 5.91 Å². The number of amides is 1. The van der Waals surface area contributed by atoms with Gasteiger partial charge in [0.05, 0.1) is 18.3 Å². The first-order chi connectivity index (χ1) is 11.3. The third-order valence-corrected chi connectivity index (χ3v) is 4.82. The SMILES string of the molecule is CCC(=O)NC(c1cccc(C2CCOCC2)n1)C1CCOC1. The summed E-state index contributed by atoms with van der Waals surface area (Å²) in [6.07, 6.45) is 3.51. The van der Waals surface area contributed by atoms with E-state index in [4.69, 9.17) is 14.5 Å². The minimum absolute atomic E-state index is 0.0512. The van der Waals surface area contributed by atoms with E-state index in [0.29, 0.717) is 24.9 Å². The molecule has 1 amide bonds. The molecule has 3 heterocycles. The molecule has 2 aliphatic rings. The van der Waals surface area contributed by atoms with Gasteiger partial charge in [0.2, 0.25) is 5.91 Å². The molecule has 126 valence electrons. The molecule has 1 aromatic heterocycles. The molecular weight excluding hydrogens is 292 g/mol. The molecule has 0 radical (unpaired) electrons. The molecule has 2 unspecified atom stereocenters. The highest BCUT2D eigenvalue weighted by molar-refractivity contribution is 5.76. The van der Waals surface area contributed by atoms with Gasteiger partial charge >= 0.3 is 0 Å². The van der Waals surface area contributed by atoms with Crippen molar-refractivity contribution in [2.45, 2.75) is 44.6 Å². The van der Waals surface area contributed by atoms with E-state index >= 15 is 0 Å². The van der Waals surface area contributed by atoms with Crippen LogP contribution in [0, 0.1) is 5.92 Å². The minimum Gasteiger partial charge on any atom is -0.381 e. The molecule has 0 aliphatic carbocycles. The summed E-state index contributed by atoms with van der Waals surface area (Å²) in [7, 11) is 0. The van der Waals surface area contributed by atoms with E-state index in [0.717, 1.165) is 50.5 Å². The van der Waals surface area contributed by atoms with E-state index in [-0.39, 0.29) is 11.9 Å². The average Bonchev–Trinajstić information content (AvgIpc) is 3.14. The first-order valence-electron chi connectivity index (χ1n) is 8.69. The third-order valence-electron chi connectivity index (χ3n) is 4.82. The quantitative estimate of drug-likeness (QED) is 0.906. The number of ether oxygens (including phenoxy) is 2. The lowest BCUT2D eigenvalue weighted by Crippen LogP contribution is -2.34. The summed E-state index contributed by atoms with van der Waals surface area (Å²) in [6.45, 7) is 4.95. The summed E-state index contributed by atoms with van der Waals surface area (Å²) < 4.78 is 11.0. The van der Waals surface area contributed by atoms with E-state index in [1.165, 1.54) is 0 Å². The van der Waals surface area contributed by atoms with Gasteiger partial charge in [0.15, 0.2) is 0 Å². The molecule has 5 heteroatoms. The van der Waals surface area contributed by atoms with Crippen molar-refractivity contribution < 1.29 is 14.3 Å². The molecule has 2 atom stereocenters. The highest BCUT2D eigenvalue weighted by atomic mass is 16.5. The fourth-order valence-electron chi connectivity index (χ4n) is 3.39. The van der Waals surface area contributed by atoms with Crippen molar-refractivity contribution in [3.8, 4) is 0 Å². The van der Waals surface area contributed by atoms with E-state index in [2.05, 4.69) is 17.4 Å². The maximum atomic E-state index is 11.9. The predicted octanol–water partition coefficient (Wildman–Crippen LogP) is 2.58. The van der Waals surface area contributed by atoms with Crippen LogP contribution in [0.4, 0.5) is 0 Å². The van der Waals surface area contributed by atoms with E-state index in [9.17, 15) is 4.79 Å². The predicted molar refractivity (Wildman–Crippen MR) is 87.1 cm³/mol. The molecule has 0 saturated carbocycles. The maximum Gasteiger partial charge on any atom is 0.220 e. The number of hydrogen-bond acceptors (Lipinski definition) is 4. The highest BCUT2D eigenvalue weighted by Crippen LogP contribution is 2.30. The molecule has 2 saturated heterocycles. The van der Waals surface area contributed by atoms with Gasteiger partial charge in [-0.2, -0.15) is 0 Å². The maximum absolute atomic E-state index is 11.9. The Kier molecular flexibility index (Phi) is 5.62. The van der Waals surface area contributed by atoms with Gasteiger partial charge in [-0.1, -0.05) is 13.0 Å². The number of aromatic nitrogens is 1. The second-order valence-electron chi connectivity index (χ2n) is 6.40. The molecule has 2 aliphatic heterocycles. The summed E-state index contributed by atoms with van der Waals surface area (Å²) in [5.41, 5.74) is 2.09. The number of pyridine rings is 1. The van der Waals surface area contributed by atoms with Crippen LogP contribution in [0.1, 0.15) is 56.0 Å². The van der Waals surface area contributed by atoms with Crippen molar-refractivity contribution in [1.29, 1.82) is 0 Å². The lowest BCUT2D eigenvalue weighted by atomic mass is 9.93. The number of hydrogen-bond donors (Lipinski definition) is 1. The average molecular weight is 318 g/mol. The van der Waals surface area contributed by atoms with Crippen LogP contribution >= 0.6 is 0 Å². The van der Waals surface area contributed by atoms with Crippen LogP contribution < -0.4 is 5.32 Å². The Bertz CT molecular complexity index is 523. The first-order valence-corrected chi connectivity index (χ1v) is 8.69. The van der Waals surface area contributed by atoms with E-state index < -0.39 is 0 Å². The van der Waals surface area contributed by atoms with Gasteiger partial charge < -0.3 is 14.8 Å². The number of carbonyl (C=O) groups is 1. The number of carbonyl (C=O) groups excluding carboxylic acids is 1. The minimum atomic E-state index is -0.0512. The zero-order valence-corrected chi connectivity index (χ0v) is 13.8. The summed E-state index contributed by atoms with van der Waals surface area (Å²) in [5, 5.41) is 3.15. The molecule has 0 aromatic carbocycles. The Morgan fingerprint density at radius 3 is 2.74 bits per heavy atom. The zero-order valence-electron chi connectivity index (χ0n) is 13.8. The summed E-state index contributed by atoms with van der Waals surface area (Å²) >= 11 is 0. The summed E-state index contributed by atoms with van der Waals surface area (Å²) in [4.78, 5) is 16.8. The van der Waals surface area contributed by atoms with Gasteiger partial charge in [-0.05, 0) is 31.4 Å². The van der Waals surface area contributed by atoms with Crippen LogP contribution in [-0.2, 0) is 14.3 Å². The van der Waals surface area contributed by atoms with Crippen LogP contribution in [0.15, 0.2) is 18.2 Å². The number of nitrogens with one attached hydrogen (secondary N) is 1. The van der Waals surface area contributed by atoms with Gasteiger partial charge in [0, 0.05) is 43.8 Å². The van der Waals surface area contributed by atoms with Crippen LogP contribution in [0.5, 0.6) is 0 Å². The fraction of sp³-hybridized carbons (Fsp3) is 0.667. The summed E-state index contributed by atoms with van der Waals surface area (Å²) in [6, 6.07) is 6.14. The zero-order chi connectivity index (χ0) is 16.1. The van der Waals surface area contributed by atoms with Crippen LogP contribution in [0.2, 0.25) is 0 Å². The molecule has 23 heavy (non-hydrogen) atoms. The molecule has 1 aromatic rings. The molecule has 5 nitrogen and oxygen atoms in total. The van der Waals surface area contributed by atoms with Gasteiger partial charge in [0.1, 0.15) is 0 Å². The fourth-order valence-corrected chi connectivity index (χ4v) is 3.39. The Hall–Kier alpha value is -1.46. The van der Waals surface area contributed by atoms with Crippen LogP contribution in [0.25, 0.3) is 0 Å². The number of nitrogens with zero attached hydrogens (tertiary/aromatic N) is 1. The second-order valence-corrected chi connectivity index (χ2v) is 6.40. The van der Waals surface area contributed by atoms with Gasteiger partial charge in [0.25, 0.3) is 0 Å². The third kappa shape index (κ3) is 4.09. The Morgan fingerprint density at radius 1 is 1.26 bits per heavy atom. The van der Waals surface area contributed by atoms with Crippen LogP contribution in [-0.4, -0.2) is 37.3 Å². The van der Waals surface area contributed by atoms with Crippen molar-refractivity contribution in [3.05, 3.63) is 29.6 Å². The first kappa shape index (κ1) is 16.4. The smallest absolute Gasteiger partial charge is 0.220 e. The highest BCUT2D eigenvalue weighted by Gasteiger charge is 2.30. The Balaban J connectivity index is 1.81. The standard InChI is InChI=1S/C18H26N2O3/c1-2-17(21)20-18(14-8-11-23-12-14)16-5-3-4-15(19-16)13-6-9-22-10-7-13/h3-5,13-14,18H,2,6-12H2,1H3,(H,20,21). The van der Waals surface area contributed by atoms with Crippen LogP contribution in [0.3, 0.4) is 0 Å². The lowest BCUT2D eigenvalue weighted by molar-refractivity contribution is -0.121. The van der Waals surface area contributed by atoms with E-state index in [1.54, 1.807) is 0 Å². The van der Waals surface area contributed by atoms with Crippen molar-refractivity contribution in [2.75, 3.05) is 26.4 Å². The molecular formula is C18H26N2O3. The Labute approximate surface area is 137 Å². The number of rotatable bonds is 5. The molecule has 0 spiro atoms. The van der Waals surface area contributed by atoms with Gasteiger partial charge in [-0.15, -0.1) is 0 Å². The molecule has 1 N–H and O–H groups in total. The Morgan fingerprint density at radius 2 is 2.04 bits per heavy atom. The van der Waals surface area contributed by atoms with E-state index in [1.807, 2.05) is 13.0 Å². The largest absolute Gasteiger partial charge is 0.381 e.